The molecule has 0 N–H and O–H groups in total. The number of halogens is 1. The van der Waals surface area contributed by atoms with Crippen LogP contribution in [0.15, 0.2) is 30.3 Å². The molecule has 3 heteroatoms. The minimum absolute atomic E-state index is 0. The first-order chi connectivity index (χ1) is 3.93. The molecular formula is C7H6BrMgO+. The van der Waals surface area contributed by atoms with Gasteiger partial charge in [0.25, 0.3) is 0 Å². The van der Waals surface area contributed by atoms with Crippen molar-refractivity contribution in [2.45, 2.75) is 0 Å². The van der Waals surface area contributed by atoms with Crippen LogP contribution in [0, 0.1) is 0 Å². The summed E-state index contributed by atoms with van der Waals surface area (Å²) in [6, 6.07) is 9.10. The summed E-state index contributed by atoms with van der Waals surface area (Å²) in [7, 11) is 0. The van der Waals surface area contributed by atoms with Gasteiger partial charge in [-0.3, -0.25) is 4.79 Å². The van der Waals surface area contributed by atoms with Crippen molar-refractivity contribution in [3.05, 3.63) is 35.9 Å². The van der Waals surface area contributed by atoms with Crippen LogP contribution >= 0.6 is 0 Å². The van der Waals surface area contributed by atoms with Gasteiger partial charge in [-0.1, -0.05) is 30.3 Å². The largest absolute Gasteiger partial charge is 2.00 e. The van der Waals surface area contributed by atoms with E-state index in [1.165, 1.54) is 0 Å². The fourth-order valence-corrected chi connectivity index (χ4v) is 0.532. The number of hydrogen-bond donors (Lipinski definition) is 0. The molecule has 0 fully saturated rings. The van der Waals surface area contributed by atoms with Crippen LogP contribution in [0.1, 0.15) is 10.4 Å². The van der Waals surface area contributed by atoms with Gasteiger partial charge in [-0.15, -0.1) is 0 Å². The summed E-state index contributed by atoms with van der Waals surface area (Å²) in [5.74, 6) is 0. The van der Waals surface area contributed by atoms with Crippen LogP contribution in [0.3, 0.4) is 0 Å². The van der Waals surface area contributed by atoms with Gasteiger partial charge in [0, 0.05) is 5.56 Å². The van der Waals surface area contributed by atoms with Gasteiger partial charge in [0.15, 0.2) is 0 Å². The summed E-state index contributed by atoms with van der Waals surface area (Å²) >= 11 is 0. The van der Waals surface area contributed by atoms with Crippen molar-refractivity contribution in [2.24, 2.45) is 0 Å². The van der Waals surface area contributed by atoms with E-state index in [0.29, 0.717) is 0 Å². The molecule has 0 amide bonds. The van der Waals surface area contributed by atoms with E-state index in [9.17, 15) is 4.79 Å². The Bertz CT molecular complexity index is 176. The van der Waals surface area contributed by atoms with Gasteiger partial charge in [0.1, 0.15) is 6.29 Å². The summed E-state index contributed by atoms with van der Waals surface area (Å²) in [6.07, 6.45) is 0.833. The van der Waals surface area contributed by atoms with Crippen LogP contribution < -0.4 is 17.0 Å². The van der Waals surface area contributed by atoms with Crippen molar-refractivity contribution in [1.29, 1.82) is 0 Å². The molecule has 0 saturated heterocycles. The summed E-state index contributed by atoms with van der Waals surface area (Å²) in [5, 5.41) is 0. The molecule has 10 heavy (non-hydrogen) atoms. The second-order valence-corrected chi connectivity index (χ2v) is 1.53. The number of hydrogen-bond acceptors (Lipinski definition) is 1. The van der Waals surface area contributed by atoms with Gasteiger partial charge in [0.2, 0.25) is 0 Å². The minimum atomic E-state index is 0. The smallest absolute Gasteiger partial charge is 1.00 e. The molecule has 0 aliphatic carbocycles. The van der Waals surface area contributed by atoms with Gasteiger partial charge in [-0.05, 0) is 0 Å². The van der Waals surface area contributed by atoms with Crippen molar-refractivity contribution >= 4 is 29.3 Å². The third-order valence-electron chi connectivity index (χ3n) is 0.936. The summed E-state index contributed by atoms with van der Waals surface area (Å²) < 4.78 is 0. The number of rotatable bonds is 1. The standard InChI is InChI=1S/C7H6O.BrH.Mg/c8-6-7-4-2-1-3-5-7;;/h1-6H;1H;/q;;+2/p-1. The van der Waals surface area contributed by atoms with Crippen molar-refractivity contribution < 1.29 is 21.8 Å². The molecule has 0 radical (unpaired) electrons. The summed E-state index contributed by atoms with van der Waals surface area (Å²) in [5.41, 5.74) is 0.729. The van der Waals surface area contributed by atoms with Crippen molar-refractivity contribution in [2.75, 3.05) is 0 Å². The molecular weight excluding hydrogens is 204 g/mol. The molecule has 1 aromatic rings. The van der Waals surface area contributed by atoms with E-state index >= 15 is 0 Å². The Morgan fingerprint density at radius 3 is 1.90 bits per heavy atom. The molecule has 0 aromatic heterocycles. The Kier molecular flexibility index (Phi) is 9.26. The van der Waals surface area contributed by atoms with Gasteiger partial charge in [0.05, 0.1) is 0 Å². The average Bonchev–Trinajstić information content (AvgIpc) is 1.90. The summed E-state index contributed by atoms with van der Waals surface area (Å²) in [4.78, 5) is 10.0. The third kappa shape index (κ3) is 4.03. The number of benzene rings is 1. The van der Waals surface area contributed by atoms with Crippen LogP contribution in [-0.4, -0.2) is 29.3 Å². The maximum atomic E-state index is 10.0. The predicted molar refractivity (Wildman–Crippen MR) is 37.6 cm³/mol. The van der Waals surface area contributed by atoms with E-state index < -0.39 is 0 Å². The maximum absolute atomic E-state index is 10.0. The fraction of sp³-hybridized carbons (Fsp3) is 0. The second kappa shape index (κ2) is 7.25. The van der Waals surface area contributed by atoms with Crippen molar-refractivity contribution in [3.63, 3.8) is 0 Å². The van der Waals surface area contributed by atoms with Crippen LogP contribution in [0.4, 0.5) is 0 Å². The normalized spacial score (nSPS) is 6.80. The molecule has 0 saturated carbocycles. The van der Waals surface area contributed by atoms with E-state index in [0.717, 1.165) is 11.8 Å². The maximum Gasteiger partial charge on any atom is 2.00 e. The number of aldehydes is 1. The van der Waals surface area contributed by atoms with E-state index in [4.69, 9.17) is 0 Å². The monoisotopic (exact) mass is 209 g/mol. The van der Waals surface area contributed by atoms with Crippen LogP contribution in [-0.2, 0) is 0 Å². The fourth-order valence-electron chi connectivity index (χ4n) is 0.532. The second-order valence-electron chi connectivity index (χ2n) is 1.53. The molecule has 0 heterocycles. The first kappa shape index (κ1) is 12.8. The van der Waals surface area contributed by atoms with E-state index in [2.05, 4.69) is 0 Å². The zero-order chi connectivity index (χ0) is 5.82. The molecule has 1 aromatic carbocycles. The molecule has 0 atom stereocenters. The Labute approximate surface area is 86.7 Å². The molecule has 1 rings (SSSR count). The Morgan fingerprint density at radius 2 is 1.60 bits per heavy atom. The molecule has 48 valence electrons. The Hall–Kier alpha value is 0.136. The molecule has 1 nitrogen and oxygen atoms in total. The van der Waals surface area contributed by atoms with E-state index in [1.807, 2.05) is 18.2 Å². The zero-order valence-corrected chi connectivity index (χ0v) is 8.46. The van der Waals surface area contributed by atoms with Gasteiger partial charge in [-0.25, -0.2) is 0 Å². The van der Waals surface area contributed by atoms with Gasteiger partial charge in [-0.2, -0.15) is 0 Å². The first-order valence-electron chi connectivity index (χ1n) is 2.44. The molecule has 0 bridgehead atoms. The van der Waals surface area contributed by atoms with Crippen molar-refractivity contribution in [1.82, 2.24) is 0 Å². The average molecular weight is 210 g/mol. The molecule has 0 aliphatic heterocycles. The minimum Gasteiger partial charge on any atom is -1.00 e. The van der Waals surface area contributed by atoms with Crippen LogP contribution in [0.2, 0.25) is 0 Å². The molecule has 0 unspecified atom stereocenters. The molecule has 0 aliphatic rings. The van der Waals surface area contributed by atoms with E-state index in [-0.39, 0.29) is 40.0 Å². The number of carbonyl (C=O) groups is 1. The first-order valence-corrected chi connectivity index (χ1v) is 2.44. The zero-order valence-electron chi connectivity index (χ0n) is 5.46. The Morgan fingerprint density at radius 1 is 1.10 bits per heavy atom. The van der Waals surface area contributed by atoms with Crippen molar-refractivity contribution in [3.8, 4) is 0 Å². The van der Waals surface area contributed by atoms with Crippen LogP contribution in [0.5, 0.6) is 0 Å². The molecule has 0 spiro atoms. The predicted octanol–water partition coefficient (Wildman–Crippen LogP) is -1.88. The van der Waals surface area contributed by atoms with Crippen LogP contribution in [0.25, 0.3) is 0 Å². The Balaban J connectivity index is 0. The summed E-state index contributed by atoms with van der Waals surface area (Å²) in [6.45, 7) is 0. The SMILES string of the molecule is O=Cc1ccccc1.[Br-].[Mg+2]. The third-order valence-corrected chi connectivity index (χ3v) is 0.936. The number of carbonyl (C=O) groups excluding carboxylic acids is 1. The van der Waals surface area contributed by atoms with Gasteiger partial charge >= 0.3 is 23.1 Å². The van der Waals surface area contributed by atoms with Gasteiger partial charge < -0.3 is 17.0 Å². The topological polar surface area (TPSA) is 17.1 Å². The van der Waals surface area contributed by atoms with E-state index in [1.54, 1.807) is 12.1 Å². The quantitative estimate of drug-likeness (QED) is 0.392.